The third-order valence-electron chi connectivity index (χ3n) is 4.63. The normalized spacial score (nSPS) is 15.5. The second-order valence-electron chi connectivity index (χ2n) is 6.33. The van der Waals surface area contributed by atoms with Gasteiger partial charge in [-0.3, -0.25) is 10.1 Å². The van der Waals surface area contributed by atoms with Crippen LogP contribution in [-0.4, -0.2) is 53.3 Å². The molecule has 0 spiro atoms. The SMILES string of the molecule is CN1CCN(c2[nH]nc(-c3cccc(Br)c3)c2-c2ccncc2)CC1. The monoisotopic (exact) mass is 397 g/mol. The molecule has 4 rings (SSSR count). The van der Waals surface area contributed by atoms with E-state index in [1.165, 1.54) is 0 Å². The summed E-state index contributed by atoms with van der Waals surface area (Å²) in [5, 5.41) is 7.97. The largest absolute Gasteiger partial charge is 0.354 e. The van der Waals surface area contributed by atoms with Crippen molar-refractivity contribution < 1.29 is 0 Å². The van der Waals surface area contributed by atoms with Crippen molar-refractivity contribution >= 4 is 21.7 Å². The summed E-state index contributed by atoms with van der Waals surface area (Å²) in [6.45, 7) is 4.10. The van der Waals surface area contributed by atoms with Crippen LogP contribution in [0, 0.1) is 0 Å². The van der Waals surface area contributed by atoms with E-state index in [2.05, 4.69) is 60.1 Å². The van der Waals surface area contributed by atoms with Crippen molar-refractivity contribution in [2.75, 3.05) is 38.1 Å². The summed E-state index contributed by atoms with van der Waals surface area (Å²) in [5.74, 6) is 1.09. The van der Waals surface area contributed by atoms with Gasteiger partial charge in [-0.15, -0.1) is 0 Å². The zero-order valence-electron chi connectivity index (χ0n) is 14.1. The predicted octanol–water partition coefficient (Wildman–Crippen LogP) is 3.65. The zero-order chi connectivity index (χ0) is 17.2. The van der Waals surface area contributed by atoms with Crippen LogP contribution in [0.15, 0.2) is 53.3 Å². The highest BCUT2D eigenvalue weighted by Gasteiger charge is 2.23. The first-order valence-electron chi connectivity index (χ1n) is 8.40. The zero-order valence-corrected chi connectivity index (χ0v) is 15.7. The maximum atomic E-state index is 4.68. The molecule has 1 aliphatic heterocycles. The van der Waals surface area contributed by atoms with E-state index in [1.54, 1.807) is 0 Å². The second-order valence-corrected chi connectivity index (χ2v) is 7.25. The fourth-order valence-electron chi connectivity index (χ4n) is 3.23. The van der Waals surface area contributed by atoms with Crippen LogP contribution < -0.4 is 4.90 Å². The molecular weight excluding hydrogens is 378 g/mol. The quantitative estimate of drug-likeness (QED) is 0.732. The van der Waals surface area contributed by atoms with Crippen LogP contribution in [0.5, 0.6) is 0 Å². The third-order valence-corrected chi connectivity index (χ3v) is 5.13. The fraction of sp³-hybridized carbons (Fsp3) is 0.263. The summed E-state index contributed by atoms with van der Waals surface area (Å²) < 4.78 is 1.05. The molecular formula is C19H20BrN5. The Morgan fingerprint density at radius 1 is 1.00 bits per heavy atom. The number of H-pyrrole nitrogens is 1. The summed E-state index contributed by atoms with van der Waals surface area (Å²) in [6, 6.07) is 12.4. The smallest absolute Gasteiger partial charge is 0.132 e. The van der Waals surface area contributed by atoms with Gasteiger partial charge in [-0.1, -0.05) is 28.1 Å². The number of nitrogens with one attached hydrogen (secondary N) is 1. The van der Waals surface area contributed by atoms with Crippen LogP contribution in [0.4, 0.5) is 5.82 Å². The van der Waals surface area contributed by atoms with Crippen LogP contribution in [0.3, 0.4) is 0 Å². The molecule has 0 bridgehead atoms. The van der Waals surface area contributed by atoms with Crippen LogP contribution >= 0.6 is 15.9 Å². The lowest BCUT2D eigenvalue weighted by atomic mass is 10.0. The maximum Gasteiger partial charge on any atom is 0.132 e. The van der Waals surface area contributed by atoms with Crippen molar-refractivity contribution in [3.63, 3.8) is 0 Å². The van der Waals surface area contributed by atoms with E-state index < -0.39 is 0 Å². The van der Waals surface area contributed by atoms with E-state index in [1.807, 2.05) is 36.7 Å². The van der Waals surface area contributed by atoms with Gasteiger partial charge in [-0.05, 0) is 36.9 Å². The van der Waals surface area contributed by atoms with E-state index in [0.717, 1.165) is 58.9 Å². The van der Waals surface area contributed by atoms with Gasteiger partial charge in [0.2, 0.25) is 0 Å². The van der Waals surface area contributed by atoms with Gasteiger partial charge in [-0.25, -0.2) is 0 Å². The van der Waals surface area contributed by atoms with Crippen molar-refractivity contribution in [2.45, 2.75) is 0 Å². The highest BCUT2D eigenvalue weighted by Crippen LogP contribution is 2.38. The van der Waals surface area contributed by atoms with Crippen molar-refractivity contribution in [2.24, 2.45) is 0 Å². The Morgan fingerprint density at radius 3 is 2.48 bits per heavy atom. The van der Waals surface area contributed by atoms with Gasteiger partial charge < -0.3 is 9.80 Å². The lowest BCUT2D eigenvalue weighted by Crippen LogP contribution is -2.44. The number of hydrogen-bond donors (Lipinski definition) is 1. The lowest BCUT2D eigenvalue weighted by Gasteiger charge is -2.33. The molecule has 128 valence electrons. The molecule has 0 atom stereocenters. The van der Waals surface area contributed by atoms with E-state index >= 15 is 0 Å². The van der Waals surface area contributed by atoms with Crippen LogP contribution in [0.25, 0.3) is 22.4 Å². The molecule has 1 saturated heterocycles. The molecule has 1 aromatic carbocycles. The Balaban J connectivity index is 1.83. The number of aromatic nitrogens is 3. The molecule has 2 aromatic heterocycles. The Labute approximate surface area is 155 Å². The topological polar surface area (TPSA) is 48.0 Å². The number of anilines is 1. The summed E-state index contributed by atoms with van der Waals surface area (Å²) in [6.07, 6.45) is 3.67. The minimum absolute atomic E-state index is 0.974. The number of benzene rings is 1. The molecule has 5 nitrogen and oxygen atoms in total. The molecule has 0 aliphatic carbocycles. The average molecular weight is 398 g/mol. The molecule has 1 fully saturated rings. The number of aromatic amines is 1. The Kier molecular flexibility index (Phi) is 4.55. The van der Waals surface area contributed by atoms with Crippen molar-refractivity contribution in [3.05, 3.63) is 53.3 Å². The van der Waals surface area contributed by atoms with Crippen LogP contribution in [0.1, 0.15) is 0 Å². The molecule has 0 radical (unpaired) electrons. The predicted molar refractivity (Wildman–Crippen MR) is 105 cm³/mol. The Morgan fingerprint density at radius 2 is 1.76 bits per heavy atom. The molecule has 3 aromatic rings. The van der Waals surface area contributed by atoms with Crippen molar-refractivity contribution in [1.82, 2.24) is 20.1 Å². The molecule has 1 N–H and O–H groups in total. The highest BCUT2D eigenvalue weighted by atomic mass is 79.9. The molecule has 25 heavy (non-hydrogen) atoms. The maximum absolute atomic E-state index is 4.68. The van der Waals surface area contributed by atoms with Gasteiger partial charge in [0.05, 0.1) is 5.56 Å². The molecule has 0 unspecified atom stereocenters. The van der Waals surface area contributed by atoms with Gasteiger partial charge >= 0.3 is 0 Å². The average Bonchev–Trinajstić information content (AvgIpc) is 3.08. The van der Waals surface area contributed by atoms with Crippen LogP contribution in [-0.2, 0) is 0 Å². The molecule has 3 heterocycles. The van der Waals surface area contributed by atoms with E-state index in [4.69, 9.17) is 0 Å². The lowest BCUT2D eigenvalue weighted by molar-refractivity contribution is 0.312. The van der Waals surface area contributed by atoms with Crippen molar-refractivity contribution in [3.8, 4) is 22.4 Å². The molecule has 6 heteroatoms. The fourth-order valence-corrected chi connectivity index (χ4v) is 3.63. The Bertz CT molecular complexity index is 853. The Hall–Kier alpha value is -2.18. The number of rotatable bonds is 3. The number of hydrogen-bond acceptors (Lipinski definition) is 4. The standard InChI is InChI=1S/C19H20BrN5/c1-24-9-11-25(12-10-24)19-17(14-5-7-21-8-6-14)18(22-23-19)15-3-2-4-16(20)13-15/h2-8,13H,9-12H2,1H3,(H,22,23). The van der Waals surface area contributed by atoms with Crippen LogP contribution in [0.2, 0.25) is 0 Å². The van der Waals surface area contributed by atoms with Gasteiger partial charge in [0.15, 0.2) is 0 Å². The molecule has 0 saturated carbocycles. The minimum Gasteiger partial charge on any atom is -0.354 e. The van der Waals surface area contributed by atoms with Gasteiger partial charge in [-0.2, -0.15) is 5.10 Å². The van der Waals surface area contributed by atoms with Gasteiger partial charge in [0, 0.05) is 48.6 Å². The first kappa shape index (κ1) is 16.3. The summed E-state index contributed by atoms with van der Waals surface area (Å²) in [4.78, 5) is 8.91. The van der Waals surface area contributed by atoms with E-state index in [-0.39, 0.29) is 0 Å². The summed E-state index contributed by atoms with van der Waals surface area (Å²) in [5.41, 5.74) is 4.34. The number of piperazine rings is 1. The van der Waals surface area contributed by atoms with E-state index in [9.17, 15) is 0 Å². The first-order chi connectivity index (χ1) is 12.2. The summed E-state index contributed by atoms with van der Waals surface area (Å²) >= 11 is 3.57. The number of pyridine rings is 1. The number of halogens is 1. The third kappa shape index (κ3) is 3.32. The number of likely N-dealkylation sites (N-methyl/N-ethyl adjacent to an activating group) is 1. The highest BCUT2D eigenvalue weighted by molar-refractivity contribution is 9.10. The molecule has 0 amide bonds. The number of nitrogens with zero attached hydrogens (tertiary/aromatic N) is 4. The molecule has 1 aliphatic rings. The van der Waals surface area contributed by atoms with Gasteiger partial charge in [0.25, 0.3) is 0 Å². The first-order valence-corrected chi connectivity index (χ1v) is 9.20. The summed E-state index contributed by atoms with van der Waals surface area (Å²) in [7, 11) is 2.17. The van der Waals surface area contributed by atoms with Crippen molar-refractivity contribution in [1.29, 1.82) is 0 Å². The van der Waals surface area contributed by atoms with Gasteiger partial charge in [0.1, 0.15) is 11.5 Å². The minimum atomic E-state index is 0.974. The second kappa shape index (κ2) is 6.98. The van der Waals surface area contributed by atoms with E-state index in [0.29, 0.717) is 0 Å².